The van der Waals surface area contributed by atoms with E-state index in [1.807, 2.05) is 18.4 Å². The number of sulfone groups is 1. The van der Waals surface area contributed by atoms with E-state index in [1.54, 1.807) is 36.7 Å². The van der Waals surface area contributed by atoms with Crippen LogP contribution in [-0.2, 0) is 21.1 Å². The van der Waals surface area contributed by atoms with E-state index < -0.39 is 9.84 Å². The van der Waals surface area contributed by atoms with Crippen molar-refractivity contribution < 1.29 is 13.2 Å². The number of aromatic nitrogens is 2. The van der Waals surface area contributed by atoms with E-state index in [1.165, 1.54) is 0 Å². The highest BCUT2D eigenvalue weighted by Crippen LogP contribution is 2.18. The van der Waals surface area contributed by atoms with Crippen molar-refractivity contribution >= 4 is 25.8 Å². The first-order valence-corrected chi connectivity index (χ1v) is 9.49. The molecule has 0 aliphatic carbocycles. The van der Waals surface area contributed by atoms with E-state index in [0.29, 0.717) is 18.0 Å². The number of halogens is 1. The molecule has 0 saturated heterocycles. The normalized spacial score (nSPS) is 13.2. The first-order chi connectivity index (χ1) is 10.4. The molecular weight excluding hydrogens is 368 g/mol. The highest BCUT2D eigenvalue weighted by molar-refractivity contribution is 9.10. The topological polar surface area (TPSA) is 61.2 Å². The number of rotatable bonds is 7. The molecule has 1 aromatic heterocycles. The summed E-state index contributed by atoms with van der Waals surface area (Å²) in [6, 6.07) is 6.67. The second-order valence-corrected chi connectivity index (χ2v) is 7.87. The van der Waals surface area contributed by atoms with Gasteiger partial charge >= 0.3 is 0 Å². The van der Waals surface area contributed by atoms with Crippen LogP contribution in [0, 0.1) is 0 Å². The lowest BCUT2D eigenvalue weighted by Crippen LogP contribution is -2.16. The Labute approximate surface area is 139 Å². The van der Waals surface area contributed by atoms with E-state index in [0.717, 1.165) is 10.3 Å². The lowest BCUT2D eigenvalue weighted by atomic mass is 10.4. The predicted molar refractivity (Wildman–Crippen MR) is 88.5 cm³/mol. The summed E-state index contributed by atoms with van der Waals surface area (Å²) in [6.45, 7) is 4.77. The molecule has 0 aliphatic heterocycles. The van der Waals surface area contributed by atoms with Crippen molar-refractivity contribution in [3.05, 3.63) is 47.0 Å². The molecule has 0 radical (unpaired) electrons. The van der Waals surface area contributed by atoms with E-state index in [4.69, 9.17) is 4.74 Å². The molecule has 120 valence electrons. The van der Waals surface area contributed by atoms with Gasteiger partial charge in [0.05, 0.1) is 10.6 Å². The molecule has 2 aromatic rings. The lowest BCUT2D eigenvalue weighted by Gasteiger charge is -2.14. The van der Waals surface area contributed by atoms with Crippen LogP contribution in [0.3, 0.4) is 0 Å². The van der Waals surface area contributed by atoms with Crippen LogP contribution in [0.2, 0.25) is 0 Å². The van der Waals surface area contributed by atoms with Crippen LogP contribution >= 0.6 is 15.9 Å². The molecule has 22 heavy (non-hydrogen) atoms. The van der Waals surface area contributed by atoms with Crippen molar-refractivity contribution in [2.45, 2.75) is 31.4 Å². The van der Waals surface area contributed by atoms with Gasteiger partial charge in [0, 0.05) is 30.0 Å². The average molecular weight is 387 g/mol. The summed E-state index contributed by atoms with van der Waals surface area (Å²) in [5.74, 6) is 0.768. The third-order valence-corrected chi connectivity index (χ3v) is 5.54. The zero-order valence-corrected chi connectivity index (χ0v) is 15.0. The molecule has 2 rings (SSSR count). The van der Waals surface area contributed by atoms with Crippen LogP contribution < -0.4 is 0 Å². The van der Waals surface area contributed by atoms with Gasteiger partial charge in [-0.05, 0) is 38.1 Å². The minimum Gasteiger partial charge on any atom is -0.371 e. The largest absolute Gasteiger partial charge is 0.371 e. The Bertz CT molecular complexity index is 711. The van der Waals surface area contributed by atoms with Crippen molar-refractivity contribution in [3.63, 3.8) is 0 Å². The molecule has 0 aliphatic rings. The molecule has 0 N–H and O–H groups in total. The Morgan fingerprint density at radius 3 is 2.64 bits per heavy atom. The van der Waals surface area contributed by atoms with Gasteiger partial charge in [0.15, 0.2) is 9.84 Å². The van der Waals surface area contributed by atoms with Gasteiger partial charge in [-0.25, -0.2) is 13.4 Å². The maximum atomic E-state index is 12.4. The zero-order chi connectivity index (χ0) is 16.2. The van der Waals surface area contributed by atoms with Gasteiger partial charge in [-0.1, -0.05) is 15.9 Å². The number of imidazole rings is 1. The number of aryl methyl sites for hydroxylation is 1. The summed E-state index contributed by atoms with van der Waals surface area (Å²) < 4.78 is 32.9. The highest BCUT2D eigenvalue weighted by atomic mass is 79.9. The molecule has 0 amide bonds. The van der Waals surface area contributed by atoms with Crippen molar-refractivity contribution in [2.75, 3.05) is 12.4 Å². The van der Waals surface area contributed by atoms with Gasteiger partial charge in [0.2, 0.25) is 0 Å². The number of benzene rings is 1. The Morgan fingerprint density at radius 1 is 1.32 bits per heavy atom. The van der Waals surface area contributed by atoms with Crippen molar-refractivity contribution in [1.82, 2.24) is 9.55 Å². The van der Waals surface area contributed by atoms with Crippen molar-refractivity contribution in [2.24, 2.45) is 0 Å². The fraction of sp³-hybridized carbons (Fsp3) is 0.400. The van der Waals surface area contributed by atoms with Gasteiger partial charge in [-0.3, -0.25) is 0 Å². The average Bonchev–Trinajstić information content (AvgIpc) is 2.94. The Morgan fingerprint density at radius 2 is 2.00 bits per heavy atom. The van der Waals surface area contributed by atoms with Crippen LogP contribution in [0.4, 0.5) is 0 Å². The molecule has 1 heterocycles. The predicted octanol–water partition coefficient (Wildman–Crippen LogP) is 3.22. The molecule has 5 nitrogen and oxygen atoms in total. The molecule has 0 spiro atoms. The van der Waals surface area contributed by atoms with E-state index in [9.17, 15) is 8.42 Å². The first-order valence-electron chi connectivity index (χ1n) is 7.05. The van der Waals surface area contributed by atoms with Crippen LogP contribution in [0.25, 0.3) is 0 Å². The number of ether oxygens (including phenoxy) is 1. The van der Waals surface area contributed by atoms with Gasteiger partial charge in [-0.2, -0.15) is 0 Å². The van der Waals surface area contributed by atoms with Crippen molar-refractivity contribution in [1.29, 1.82) is 0 Å². The number of nitrogens with zero attached hydrogens (tertiary/aromatic N) is 2. The smallest absolute Gasteiger partial charge is 0.180 e. The summed E-state index contributed by atoms with van der Waals surface area (Å²) in [6.07, 6.45) is 3.29. The minimum atomic E-state index is -3.32. The third-order valence-electron chi connectivity index (χ3n) is 3.30. The molecule has 0 saturated carbocycles. The van der Waals surface area contributed by atoms with Crippen molar-refractivity contribution in [3.8, 4) is 0 Å². The lowest BCUT2D eigenvalue weighted by molar-refractivity contribution is 0.0676. The minimum absolute atomic E-state index is 0.0246. The van der Waals surface area contributed by atoms with E-state index in [2.05, 4.69) is 20.9 Å². The van der Waals surface area contributed by atoms with Gasteiger partial charge in [0.1, 0.15) is 11.9 Å². The number of hydrogen-bond donors (Lipinski definition) is 0. The molecule has 0 bridgehead atoms. The number of hydrogen-bond acceptors (Lipinski definition) is 4. The SMILES string of the molecule is CCO[C@H](C)c1nccn1CCS(=O)(=O)c1ccc(Br)cc1. The fourth-order valence-electron chi connectivity index (χ4n) is 2.17. The van der Waals surface area contributed by atoms with E-state index >= 15 is 0 Å². The molecule has 7 heteroatoms. The molecular formula is C15H19BrN2O3S. The third kappa shape index (κ3) is 4.18. The van der Waals surface area contributed by atoms with Crippen LogP contribution in [-0.4, -0.2) is 30.3 Å². The summed E-state index contributed by atoms with van der Waals surface area (Å²) in [5, 5.41) is 0. The van der Waals surface area contributed by atoms with Gasteiger partial charge < -0.3 is 9.30 Å². The van der Waals surface area contributed by atoms with Gasteiger partial charge in [-0.15, -0.1) is 0 Å². The highest BCUT2D eigenvalue weighted by Gasteiger charge is 2.17. The Kier molecular flexibility index (Phi) is 5.77. The molecule has 1 atom stereocenters. The standard InChI is InChI=1S/C15H19BrN2O3S/c1-3-21-12(2)15-17-8-9-18(15)10-11-22(19,20)14-6-4-13(16)5-7-14/h4-9,12H,3,10-11H2,1-2H3/t12-/m1/s1. The molecule has 1 aromatic carbocycles. The van der Waals surface area contributed by atoms with E-state index in [-0.39, 0.29) is 11.9 Å². The van der Waals surface area contributed by atoms with Crippen LogP contribution in [0.1, 0.15) is 25.8 Å². The quantitative estimate of drug-likeness (QED) is 0.732. The summed E-state index contributed by atoms with van der Waals surface area (Å²) in [4.78, 5) is 4.59. The summed E-state index contributed by atoms with van der Waals surface area (Å²) >= 11 is 3.30. The van der Waals surface area contributed by atoms with Gasteiger partial charge in [0.25, 0.3) is 0 Å². The molecule has 0 unspecified atom stereocenters. The zero-order valence-electron chi connectivity index (χ0n) is 12.6. The molecule has 0 fully saturated rings. The maximum absolute atomic E-state index is 12.4. The Hall–Kier alpha value is -1.18. The summed E-state index contributed by atoms with van der Waals surface area (Å²) in [5.41, 5.74) is 0. The first kappa shape index (κ1) is 17.2. The second-order valence-electron chi connectivity index (χ2n) is 4.85. The monoisotopic (exact) mass is 386 g/mol. The summed E-state index contributed by atoms with van der Waals surface area (Å²) in [7, 11) is -3.32. The van der Waals surface area contributed by atoms with Crippen LogP contribution in [0.15, 0.2) is 46.0 Å². The maximum Gasteiger partial charge on any atom is 0.180 e. The van der Waals surface area contributed by atoms with Crippen LogP contribution in [0.5, 0.6) is 0 Å². The second kappa shape index (κ2) is 7.39. The fourth-order valence-corrected chi connectivity index (χ4v) is 3.66. The Balaban J connectivity index is 2.10.